The van der Waals surface area contributed by atoms with Gasteiger partial charge in [0.05, 0.1) is 0 Å². The molecule has 1 aromatic heterocycles. The Morgan fingerprint density at radius 3 is 2.29 bits per heavy atom. The minimum absolute atomic E-state index is 0.803. The van der Waals surface area contributed by atoms with Gasteiger partial charge in [-0.3, -0.25) is 0 Å². The predicted octanol–water partition coefficient (Wildman–Crippen LogP) is 3.74. The Bertz CT molecular complexity index is 460. The summed E-state index contributed by atoms with van der Waals surface area (Å²) in [4.78, 5) is 5.65. The maximum Gasteiger partial charge on any atom is 0.101 e. The van der Waals surface area contributed by atoms with Crippen LogP contribution in [0.4, 0.5) is 5.69 Å². The number of anilines is 1. The summed E-state index contributed by atoms with van der Waals surface area (Å²) < 4.78 is 0. The molecule has 2 nitrogen and oxygen atoms in total. The van der Waals surface area contributed by atoms with Crippen LogP contribution in [0.1, 0.15) is 16.8 Å². The number of hydrogen-bond donors (Lipinski definition) is 1. The zero-order valence-electron chi connectivity index (χ0n) is 10.3. The van der Waals surface area contributed by atoms with Crippen LogP contribution in [0.25, 0.3) is 0 Å². The van der Waals surface area contributed by atoms with Gasteiger partial charge in [-0.25, -0.2) is 4.98 Å². The molecule has 3 heteroatoms. The topological polar surface area (TPSA) is 38.9 Å². The molecule has 0 amide bonds. The molecule has 0 unspecified atom stereocenters. The summed E-state index contributed by atoms with van der Waals surface area (Å²) in [6.07, 6.45) is 0. The quantitative estimate of drug-likeness (QED) is 0.818. The Hall–Kier alpha value is -1.48. The molecule has 0 saturated heterocycles. The fourth-order valence-corrected chi connectivity index (χ4v) is 2.93. The van der Waals surface area contributed by atoms with Crippen LogP contribution in [0.3, 0.4) is 0 Å². The first-order chi connectivity index (χ1) is 8.02. The van der Waals surface area contributed by atoms with Crippen molar-refractivity contribution >= 4 is 17.4 Å². The highest BCUT2D eigenvalue weighted by Crippen LogP contribution is 2.29. The van der Waals surface area contributed by atoms with E-state index in [0.717, 1.165) is 21.3 Å². The van der Waals surface area contributed by atoms with E-state index in [4.69, 9.17) is 5.73 Å². The van der Waals surface area contributed by atoms with Gasteiger partial charge < -0.3 is 5.73 Å². The van der Waals surface area contributed by atoms with Crippen LogP contribution in [-0.2, 0) is 0 Å². The minimum atomic E-state index is 0.803. The fourth-order valence-electron chi connectivity index (χ4n) is 1.81. The van der Waals surface area contributed by atoms with Gasteiger partial charge in [0.2, 0.25) is 0 Å². The van der Waals surface area contributed by atoms with E-state index in [9.17, 15) is 0 Å². The number of nitrogens with zero attached hydrogens (tertiary/aromatic N) is 1. The maximum absolute atomic E-state index is 5.84. The van der Waals surface area contributed by atoms with Gasteiger partial charge in [0.25, 0.3) is 0 Å². The third-order valence-corrected chi connectivity index (χ3v) is 3.26. The third kappa shape index (κ3) is 3.24. The van der Waals surface area contributed by atoms with Crippen molar-refractivity contribution in [1.29, 1.82) is 0 Å². The molecule has 1 aromatic carbocycles. The second-order valence-electron chi connectivity index (χ2n) is 4.31. The first kappa shape index (κ1) is 12.0. The van der Waals surface area contributed by atoms with E-state index in [1.807, 2.05) is 19.1 Å². The molecule has 88 valence electrons. The van der Waals surface area contributed by atoms with Crippen LogP contribution >= 0.6 is 11.8 Å². The van der Waals surface area contributed by atoms with Gasteiger partial charge in [0.15, 0.2) is 0 Å². The molecule has 0 saturated carbocycles. The first-order valence-electron chi connectivity index (χ1n) is 5.53. The molecule has 2 aromatic rings. The smallest absolute Gasteiger partial charge is 0.101 e. The molecule has 0 bridgehead atoms. The van der Waals surface area contributed by atoms with Crippen LogP contribution in [0.15, 0.2) is 40.3 Å². The highest BCUT2D eigenvalue weighted by molar-refractivity contribution is 7.99. The zero-order chi connectivity index (χ0) is 12.4. The normalized spacial score (nSPS) is 10.5. The number of pyridine rings is 1. The SMILES string of the molecule is Cc1cc(N)cc(Sc2cc(C)cc(C)n2)c1. The van der Waals surface area contributed by atoms with Crippen LogP contribution < -0.4 is 5.73 Å². The minimum Gasteiger partial charge on any atom is -0.399 e. The molecule has 0 fully saturated rings. The van der Waals surface area contributed by atoms with Crippen molar-refractivity contribution in [3.05, 3.63) is 47.2 Å². The van der Waals surface area contributed by atoms with E-state index >= 15 is 0 Å². The van der Waals surface area contributed by atoms with Crippen molar-refractivity contribution < 1.29 is 0 Å². The average Bonchev–Trinajstić information content (AvgIpc) is 2.13. The third-order valence-electron chi connectivity index (χ3n) is 2.37. The highest BCUT2D eigenvalue weighted by Gasteiger charge is 2.02. The Morgan fingerprint density at radius 1 is 0.941 bits per heavy atom. The lowest BCUT2D eigenvalue weighted by molar-refractivity contribution is 1.05. The largest absolute Gasteiger partial charge is 0.399 e. The molecule has 2 rings (SSSR count). The van der Waals surface area contributed by atoms with Gasteiger partial charge >= 0.3 is 0 Å². The summed E-state index contributed by atoms with van der Waals surface area (Å²) in [6.45, 7) is 6.15. The second kappa shape index (κ2) is 4.80. The van der Waals surface area contributed by atoms with Crippen molar-refractivity contribution in [1.82, 2.24) is 4.98 Å². The molecule has 0 aliphatic heterocycles. The molecule has 0 aliphatic rings. The van der Waals surface area contributed by atoms with Crippen molar-refractivity contribution in [3.63, 3.8) is 0 Å². The maximum atomic E-state index is 5.84. The molecule has 0 aliphatic carbocycles. The molecular formula is C14H16N2S. The van der Waals surface area contributed by atoms with Gasteiger partial charge in [-0.2, -0.15) is 0 Å². The summed E-state index contributed by atoms with van der Waals surface area (Å²) >= 11 is 1.65. The molecule has 1 heterocycles. The van der Waals surface area contributed by atoms with Crippen molar-refractivity contribution in [2.75, 3.05) is 5.73 Å². The number of benzene rings is 1. The lowest BCUT2D eigenvalue weighted by Crippen LogP contribution is -1.89. The van der Waals surface area contributed by atoms with Crippen LogP contribution in [0.2, 0.25) is 0 Å². The van der Waals surface area contributed by atoms with E-state index in [1.165, 1.54) is 11.1 Å². The number of aryl methyl sites for hydroxylation is 3. The molecule has 0 atom stereocenters. The zero-order valence-corrected chi connectivity index (χ0v) is 11.1. The van der Waals surface area contributed by atoms with Crippen molar-refractivity contribution in [3.8, 4) is 0 Å². The Kier molecular flexibility index (Phi) is 3.38. The number of nitrogens with two attached hydrogens (primary N) is 1. The Balaban J connectivity index is 2.31. The lowest BCUT2D eigenvalue weighted by Gasteiger charge is -2.06. The van der Waals surface area contributed by atoms with Crippen LogP contribution in [0.5, 0.6) is 0 Å². The first-order valence-corrected chi connectivity index (χ1v) is 6.35. The Labute approximate surface area is 106 Å². The summed E-state index contributed by atoms with van der Waals surface area (Å²) in [6, 6.07) is 10.3. The van der Waals surface area contributed by atoms with Gasteiger partial charge in [0.1, 0.15) is 5.03 Å². The van der Waals surface area contributed by atoms with E-state index in [0.29, 0.717) is 0 Å². The standard InChI is InChI=1S/C14H16N2S/c1-9-4-11(3)16-14(7-9)17-13-6-10(2)5-12(15)8-13/h4-8H,15H2,1-3H3. The molecule has 0 radical (unpaired) electrons. The van der Waals surface area contributed by atoms with Gasteiger partial charge in [0, 0.05) is 16.3 Å². The number of nitrogen functional groups attached to an aromatic ring is 1. The predicted molar refractivity (Wildman–Crippen MR) is 73.4 cm³/mol. The Morgan fingerprint density at radius 2 is 1.65 bits per heavy atom. The van der Waals surface area contributed by atoms with Gasteiger partial charge in [-0.1, -0.05) is 11.8 Å². The second-order valence-corrected chi connectivity index (χ2v) is 5.40. The number of aromatic nitrogens is 1. The average molecular weight is 244 g/mol. The molecule has 0 spiro atoms. The summed E-state index contributed by atoms with van der Waals surface area (Å²) in [5.41, 5.74) is 10.1. The number of rotatable bonds is 2. The lowest BCUT2D eigenvalue weighted by atomic mass is 10.2. The van der Waals surface area contributed by atoms with Crippen LogP contribution in [-0.4, -0.2) is 4.98 Å². The van der Waals surface area contributed by atoms with Crippen molar-refractivity contribution in [2.24, 2.45) is 0 Å². The van der Waals surface area contributed by atoms with E-state index in [-0.39, 0.29) is 0 Å². The fraction of sp³-hybridized carbons (Fsp3) is 0.214. The summed E-state index contributed by atoms with van der Waals surface area (Å²) in [5.74, 6) is 0. The van der Waals surface area contributed by atoms with E-state index in [1.54, 1.807) is 11.8 Å². The highest BCUT2D eigenvalue weighted by atomic mass is 32.2. The van der Waals surface area contributed by atoms with Gasteiger partial charge in [-0.05, 0) is 62.2 Å². The van der Waals surface area contributed by atoms with Crippen LogP contribution in [0, 0.1) is 20.8 Å². The van der Waals surface area contributed by atoms with Crippen molar-refractivity contribution in [2.45, 2.75) is 30.7 Å². The molecule has 17 heavy (non-hydrogen) atoms. The number of hydrogen-bond acceptors (Lipinski definition) is 3. The van der Waals surface area contributed by atoms with Gasteiger partial charge in [-0.15, -0.1) is 0 Å². The molecular weight excluding hydrogens is 228 g/mol. The summed E-state index contributed by atoms with van der Waals surface area (Å²) in [5, 5.41) is 1.02. The summed E-state index contributed by atoms with van der Waals surface area (Å²) in [7, 11) is 0. The van der Waals surface area contributed by atoms with E-state index < -0.39 is 0 Å². The monoisotopic (exact) mass is 244 g/mol. The van der Waals surface area contributed by atoms with E-state index in [2.05, 4.69) is 37.0 Å². The molecule has 2 N–H and O–H groups in total.